The Morgan fingerprint density at radius 2 is 1.69 bits per heavy atom. The van der Waals surface area contributed by atoms with Gasteiger partial charge in [0.2, 0.25) is 0 Å². The Balaban J connectivity index is 1.65. The first-order chi connectivity index (χ1) is 17.3. The quantitative estimate of drug-likeness (QED) is 0.276. The predicted molar refractivity (Wildman–Crippen MR) is 141 cm³/mol. The van der Waals surface area contributed by atoms with Gasteiger partial charge in [0.1, 0.15) is 12.2 Å². The van der Waals surface area contributed by atoms with Crippen LogP contribution in [0.1, 0.15) is 23.6 Å². The third-order valence-electron chi connectivity index (χ3n) is 5.33. The molecular formula is C27H22BrClN2O5. The number of carbonyl (C=O) groups is 3. The Bertz CT molecular complexity index is 1350. The minimum absolute atomic E-state index is 0.202. The molecule has 1 aliphatic rings. The lowest BCUT2D eigenvalue weighted by Gasteiger charge is -2.26. The SMILES string of the molecule is CCOc1cc(C=C2C(=O)NC(=O)N(c3ccc(Cl)cc3)C2=O)cc(Br)c1OCc1ccc(C)cc1. The van der Waals surface area contributed by atoms with Crippen molar-refractivity contribution >= 4 is 57.1 Å². The summed E-state index contributed by atoms with van der Waals surface area (Å²) in [6, 6.07) is 16.7. The van der Waals surface area contributed by atoms with Crippen LogP contribution in [0.5, 0.6) is 11.5 Å². The lowest BCUT2D eigenvalue weighted by molar-refractivity contribution is -0.122. The van der Waals surface area contributed by atoms with E-state index in [0.717, 1.165) is 16.0 Å². The number of nitrogens with zero attached hydrogens (tertiary/aromatic N) is 1. The maximum absolute atomic E-state index is 13.2. The molecule has 0 spiro atoms. The number of hydrogen-bond donors (Lipinski definition) is 1. The molecule has 36 heavy (non-hydrogen) atoms. The van der Waals surface area contributed by atoms with Crippen molar-refractivity contribution in [1.29, 1.82) is 0 Å². The van der Waals surface area contributed by atoms with E-state index in [1.807, 2.05) is 38.1 Å². The van der Waals surface area contributed by atoms with Crippen LogP contribution in [0, 0.1) is 6.92 Å². The number of urea groups is 1. The molecular weight excluding hydrogens is 548 g/mol. The van der Waals surface area contributed by atoms with Crippen molar-refractivity contribution in [2.75, 3.05) is 11.5 Å². The smallest absolute Gasteiger partial charge is 0.335 e. The molecule has 4 rings (SSSR count). The summed E-state index contributed by atoms with van der Waals surface area (Å²) in [5.74, 6) is -0.596. The van der Waals surface area contributed by atoms with E-state index in [-0.39, 0.29) is 11.3 Å². The van der Waals surface area contributed by atoms with Crippen LogP contribution in [0.25, 0.3) is 6.08 Å². The summed E-state index contributed by atoms with van der Waals surface area (Å²) in [5, 5.41) is 2.66. The Morgan fingerprint density at radius 3 is 2.36 bits per heavy atom. The number of anilines is 1. The van der Waals surface area contributed by atoms with Crippen LogP contribution >= 0.6 is 27.5 Å². The molecule has 4 amide bonds. The van der Waals surface area contributed by atoms with Crippen molar-refractivity contribution in [3.8, 4) is 11.5 Å². The van der Waals surface area contributed by atoms with Crippen molar-refractivity contribution in [3.05, 3.63) is 92.4 Å². The number of amides is 4. The maximum Gasteiger partial charge on any atom is 0.335 e. The summed E-state index contributed by atoms with van der Waals surface area (Å²) in [6.07, 6.45) is 1.41. The molecule has 0 unspecified atom stereocenters. The molecule has 7 nitrogen and oxygen atoms in total. The molecule has 1 fully saturated rings. The monoisotopic (exact) mass is 568 g/mol. The molecule has 1 heterocycles. The zero-order valence-electron chi connectivity index (χ0n) is 19.5. The fourth-order valence-corrected chi connectivity index (χ4v) is 4.26. The number of halogens is 2. The minimum Gasteiger partial charge on any atom is -0.490 e. The lowest BCUT2D eigenvalue weighted by Crippen LogP contribution is -2.54. The van der Waals surface area contributed by atoms with Crippen molar-refractivity contribution in [2.45, 2.75) is 20.5 Å². The minimum atomic E-state index is -0.833. The number of barbiturate groups is 1. The van der Waals surface area contributed by atoms with E-state index in [4.69, 9.17) is 21.1 Å². The molecule has 0 aromatic heterocycles. The number of ether oxygens (including phenoxy) is 2. The fraction of sp³-hybridized carbons (Fsp3) is 0.148. The molecule has 3 aromatic carbocycles. The zero-order chi connectivity index (χ0) is 25.8. The van der Waals surface area contributed by atoms with E-state index < -0.39 is 17.8 Å². The summed E-state index contributed by atoms with van der Waals surface area (Å²) in [5.41, 5.74) is 2.75. The Labute approximate surface area is 221 Å². The summed E-state index contributed by atoms with van der Waals surface area (Å²) < 4.78 is 12.4. The van der Waals surface area contributed by atoms with Gasteiger partial charge >= 0.3 is 6.03 Å². The third kappa shape index (κ3) is 5.61. The van der Waals surface area contributed by atoms with Crippen LogP contribution in [0.15, 0.2) is 70.7 Å². The number of rotatable bonds is 7. The van der Waals surface area contributed by atoms with Crippen molar-refractivity contribution in [2.24, 2.45) is 0 Å². The summed E-state index contributed by atoms with van der Waals surface area (Å²) in [4.78, 5) is 39.0. The number of hydrogen-bond acceptors (Lipinski definition) is 5. The summed E-state index contributed by atoms with van der Waals surface area (Å²) in [6.45, 7) is 4.57. The molecule has 0 atom stereocenters. The van der Waals surface area contributed by atoms with Gasteiger partial charge < -0.3 is 9.47 Å². The van der Waals surface area contributed by atoms with Gasteiger partial charge in [-0.15, -0.1) is 0 Å². The zero-order valence-corrected chi connectivity index (χ0v) is 21.9. The van der Waals surface area contributed by atoms with Crippen LogP contribution in [0.3, 0.4) is 0 Å². The van der Waals surface area contributed by atoms with Gasteiger partial charge in [-0.05, 0) is 83.4 Å². The van der Waals surface area contributed by atoms with Gasteiger partial charge in [0.05, 0.1) is 16.8 Å². The van der Waals surface area contributed by atoms with Gasteiger partial charge in [0, 0.05) is 5.02 Å². The van der Waals surface area contributed by atoms with Gasteiger partial charge in [-0.1, -0.05) is 41.4 Å². The molecule has 0 aliphatic carbocycles. The number of carbonyl (C=O) groups excluding carboxylic acids is 3. The van der Waals surface area contributed by atoms with Crippen LogP contribution in [-0.4, -0.2) is 24.5 Å². The summed E-state index contributed by atoms with van der Waals surface area (Å²) in [7, 11) is 0. The molecule has 3 aromatic rings. The highest BCUT2D eigenvalue weighted by Gasteiger charge is 2.36. The first-order valence-electron chi connectivity index (χ1n) is 11.1. The van der Waals surface area contributed by atoms with Crippen LogP contribution in [0.4, 0.5) is 10.5 Å². The normalized spacial score (nSPS) is 14.7. The molecule has 0 radical (unpaired) electrons. The van der Waals surface area contributed by atoms with Crippen LogP contribution in [0.2, 0.25) is 5.02 Å². The van der Waals surface area contributed by atoms with Gasteiger partial charge in [-0.25, -0.2) is 9.69 Å². The van der Waals surface area contributed by atoms with Crippen LogP contribution in [-0.2, 0) is 16.2 Å². The number of nitrogens with one attached hydrogen (secondary N) is 1. The summed E-state index contributed by atoms with van der Waals surface area (Å²) >= 11 is 9.43. The maximum atomic E-state index is 13.2. The second-order valence-electron chi connectivity index (χ2n) is 7.97. The Morgan fingerprint density at radius 1 is 1.00 bits per heavy atom. The number of benzene rings is 3. The highest BCUT2D eigenvalue weighted by Crippen LogP contribution is 2.38. The van der Waals surface area contributed by atoms with Crippen molar-refractivity contribution in [1.82, 2.24) is 5.32 Å². The molecule has 1 N–H and O–H groups in total. The first-order valence-corrected chi connectivity index (χ1v) is 12.3. The second kappa shape index (κ2) is 11.0. The molecule has 184 valence electrons. The van der Waals surface area contributed by atoms with Crippen molar-refractivity contribution in [3.63, 3.8) is 0 Å². The average Bonchev–Trinajstić information content (AvgIpc) is 2.83. The van der Waals surface area contributed by atoms with E-state index in [1.54, 1.807) is 24.3 Å². The van der Waals surface area contributed by atoms with Gasteiger partial charge in [-0.3, -0.25) is 14.9 Å². The standard InChI is InChI=1S/C27H22BrClN2O5/c1-3-35-23-14-18(13-22(28)24(23)36-15-17-6-4-16(2)5-7-17)12-21-25(32)30-27(34)31(26(21)33)20-10-8-19(29)9-11-20/h4-14H,3,15H2,1-2H3,(H,30,32,34). The van der Waals surface area contributed by atoms with Gasteiger partial charge in [0.15, 0.2) is 11.5 Å². The topological polar surface area (TPSA) is 84.9 Å². The predicted octanol–water partition coefficient (Wildman–Crippen LogP) is 6.06. The van der Waals surface area contributed by atoms with Gasteiger partial charge in [-0.2, -0.15) is 0 Å². The molecule has 0 bridgehead atoms. The highest BCUT2D eigenvalue weighted by atomic mass is 79.9. The van der Waals surface area contributed by atoms with Crippen LogP contribution < -0.4 is 19.7 Å². The molecule has 1 aliphatic heterocycles. The first kappa shape index (κ1) is 25.5. The fourth-order valence-electron chi connectivity index (χ4n) is 3.56. The Hall–Kier alpha value is -3.62. The Kier molecular flexibility index (Phi) is 7.76. The number of aryl methyl sites for hydroxylation is 1. The van der Waals surface area contributed by atoms with E-state index in [9.17, 15) is 14.4 Å². The van der Waals surface area contributed by atoms with E-state index >= 15 is 0 Å². The van der Waals surface area contributed by atoms with Gasteiger partial charge in [0.25, 0.3) is 11.8 Å². The molecule has 9 heteroatoms. The van der Waals surface area contributed by atoms with E-state index in [0.29, 0.717) is 39.8 Å². The molecule has 0 saturated carbocycles. The molecule has 1 saturated heterocycles. The number of imide groups is 2. The third-order valence-corrected chi connectivity index (χ3v) is 6.17. The van der Waals surface area contributed by atoms with E-state index in [2.05, 4.69) is 21.2 Å². The average molecular weight is 570 g/mol. The van der Waals surface area contributed by atoms with Crippen molar-refractivity contribution < 1.29 is 23.9 Å². The largest absolute Gasteiger partial charge is 0.490 e. The van der Waals surface area contributed by atoms with E-state index in [1.165, 1.54) is 18.2 Å². The second-order valence-corrected chi connectivity index (χ2v) is 9.26. The highest BCUT2D eigenvalue weighted by molar-refractivity contribution is 9.10. The lowest BCUT2D eigenvalue weighted by atomic mass is 10.1.